The summed E-state index contributed by atoms with van der Waals surface area (Å²) in [6, 6.07) is 6.78. The van der Waals surface area contributed by atoms with E-state index in [0.717, 1.165) is 11.0 Å². The molecular weight excluding hydrogens is 475 g/mol. The second kappa shape index (κ2) is 11.0. The summed E-state index contributed by atoms with van der Waals surface area (Å²) in [6.45, 7) is 14.0. The Morgan fingerprint density at radius 3 is 2.41 bits per heavy atom. The van der Waals surface area contributed by atoms with Gasteiger partial charge in [0.25, 0.3) is 0 Å². The maximum absolute atomic E-state index is 13.6. The molecule has 0 aliphatic carbocycles. The highest BCUT2D eigenvalue weighted by atomic mass is 16.7. The van der Waals surface area contributed by atoms with Gasteiger partial charge in [-0.25, -0.2) is 4.79 Å². The zero-order chi connectivity index (χ0) is 27.6. The second-order valence-electron chi connectivity index (χ2n) is 11.9. The third-order valence-corrected chi connectivity index (χ3v) is 7.17. The molecule has 1 N–H and O–H groups in total. The fraction of sp³-hybridized carbons (Fsp3) is 0.667. The van der Waals surface area contributed by atoms with Crippen LogP contribution >= 0.6 is 0 Å². The van der Waals surface area contributed by atoms with Gasteiger partial charge in [0, 0.05) is 19.5 Å². The fourth-order valence-electron chi connectivity index (χ4n) is 4.49. The van der Waals surface area contributed by atoms with Crippen LogP contribution in [0.4, 0.5) is 4.79 Å². The smallest absolute Gasteiger partial charge is 0.469 e. The number of alkyl carbamates (subject to hydrolysis) is 1. The number of hydrogen-bond donors (Lipinski definition) is 1. The van der Waals surface area contributed by atoms with Crippen LogP contribution in [0, 0.1) is 5.92 Å². The van der Waals surface area contributed by atoms with E-state index < -0.39 is 36.1 Å². The first-order valence-electron chi connectivity index (χ1n) is 12.9. The van der Waals surface area contributed by atoms with Crippen molar-refractivity contribution in [1.82, 2.24) is 10.2 Å². The minimum Gasteiger partial charge on any atom is -0.469 e. The second-order valence-corrected chi connectivity index (χ2v) is 11.9. The Bertz CT molecular complexity index is 989. The summed E-state index contributed by atoms with van der Waals surface area (Å²) >= 11 is 0. The van der Waals surface area contributed by atoms with E-state index in [0.29, 0.717) is 19.4 Å². The molecule has 0 radical (unpaired) electrons. The van der Waals surface area contributed by atoms with Crippen molar-refractivity contribution in [2.24, 2.45) is 5.92 Å². The summed E-state index contributed by atoms with van der Waals surface area (Å²) < 4.78 is 22.7. The van der Waals surface area contributed by atoms with E-state index in [-0.39, 0.29) is 30.8 Å². The van der Waals surface area contributed by atoms with Gasteiger partial charge in [-0.2, -0.15) is 0 Å². The number of ether oxygens (including phenoxy) is 2. The Morgan fingerprint density at radius 1 is 1.16 bits per heavy atom. The lowest BCUT2D eigenvalue weighted by Gasteiger charge is -2.34. The van der Waals surface area contributed by atoms with Crippen LogP contribution in [0.3, 0.4) is 0 Å². The summed E-state index contributed by atoms with van der Waals surface area (Å²) in [5.41, 5.74) is 0.00524. The van der Waals surface area contributed by atoms with E-state index in [2.05, 4.69) is 5.32 Å². The molecule has 0 unspecified atom stereocenters. The van der Waals surface area contributed by atoms with E-state index in [1.807, 2.05) is 52.0 Å². The van der Waals surface area contributed by atoms with Gasteiger partial charge in [-0.3, -0.25) is 9.59 Å². The number of carbonyl (C=O) groups is 3. The number of piperidine rings is 1. The zero-order valence-electron chi connectivity index (χ0n) is 23.4. The van der Waals surface area contributed by atoms with Crippen molar-refractivity contribution in [3.8, 4) is 0 Å². The summed E-state index contributed by atoms with van der Waals surface area (Å²) in [6.07, 6.45) is 0.915. The van der Waals surface area contributed by atoms with Gasteiger partial charge < -0.3 is 29.0 Å². The molecule has 0 aromatic heterocycles. The van der Waals surface area contributed by atoms with Crippen LogP contribution in [0.2, 0.25) is 0 Å². The molecule has 0 saturated carbocycles. The van der Waals surface area contributed by atoms with E-state index in [1.54, 1.807) is 25.7 Å². The predicted molar refractivity (Wildman–Crippen MR) is 140 cm³/mol. The molecule has 2 fully saturated rings. The molecule has 2 heterocycles. The fourth-order valence-corrected chi connectivity index (χ4v) is 4.49. The van der Waals surface area contributed by atoms with Crippen molar-refractivity contribution in [3.05, 3.63) is 29.8 Å². The van der Waals surface area contributed by atoms with Gasteiger partial charge in [-0.15, -0.1) is 0 Å². The third-order valence-electron chi connectivity index (χ3n) is 7.17. The Balaban J connectivity index is 1.81. The molecular formula is C27H41BN2O7. The van der Waals surface area contributed by atoms with Crippen LogP contribution < -0.4 is 10.8 Å². The maximum atomic E-state index is 13.6. The average Bonchev–Trinajstić information content (AvgIpc) is 3.03. The van der Waals surface area contributed by atoms with Crippen LogP contribution in [0.15, 0.2) is 24.3 Å². The first kappa shape index (κ1) is 29.0. The van der Waals surface area contributed by atoms with Gasteiger partial charge in [-0.1, -0.05) is 24.3 Å². The molecule has 1 aromatic carbocycles. The quantitative estimate of drug-likeness (QED) is 0.458. The highest BCUT2D eigenvalue weighted by Gasteiger charge is 2.51. The van der Waals surface area contributed by atoms with Crippen LogP contribution in [0.25, 0.3) is 0 Å². The molecule has 9 nitrogen and oxygen atoms in total. The SMILES string of the molecule is COC(=O)[C@@H]1CCCN(C(=O)[C@H](Cc2cccc(B3OC(C)(C)C(C)(C)O3)c2)NC(=O)OC(C)(C)C)C1. The summed E-state index contributed by atoms with van der Waals surface area (Å²) in [7, 11) is 0.809. The van der Waals surface area contributed by atoms with Crippen molar-refractivity contribution in [2.75, 3.05) is 20.2 Å². The van der Waals surface area contributed by atoms with E-state index in [9.17, 15) is 14.4 Å². The molecule has 2 saturated heterocycles. The molecule has 2 atom stereocenters. The van der Waals surface area contributed by atoms with Crippen LogP contribution in [0.5, 0.6) is 0 Å². The molecule has 10 heteroatoms. The van der Waals surface area contributed by atoms with Gasteiger partial charge in [0.05, 0.1) is 24.2 Å². The molecule has 3 rings (SSSR count). The molecule has 0 bridgehead atoms. The Morgan fingerprint density at radius 2 is 1.81 bits per heavy atom. The van der Waals surface area contributed by atoms with Crippen molar-refractivity contribution >= 4 is 30.6 Å². The number of likely N-dealkylation sites (tertiary alicyclic amines) is 1. The maximum Gasteiger partial charge on any atom is 0.494 e. The largest absolute Gasteiger partial charge is 0.494 e. The summed E-state index contributed by atoms with van der Waals surface area (Å²) in [5, 5.41) is 2.76. The lowest BCUT2D eigenvalue weighted by Crippen LogP contribution is -2.53. The van der Waals surface area contributed by atoms with Crippen molar-refractivity contribution in [1.29, 1.82) is 0 Å². The minimum atomic E-state index is -0.875. The van der Waals surface area contributed by atoms with E-state index >= 15 is 0 Å². The highest BCUT2D eigenvalue weighted by Crippen LogP contribution is 2.36. The summed E-state index contributed by atoms with van der Waals surface area (Å²) in [5.74, 6) is -0.971. The van der Waals surface area contributed by atoms with E-state index in [1.165, 1.54) is 7.11 Å². The van der Waals surface area contributed by atoms with E-state index in [4.69, 9.17) is 18.8 Å². The monoisotopic (exact) mass is 516 g/mol. The van der Waals surface area contributed by atoms with Gasteiger partial charge in [0.2, 0.25) is 5.91 Å². The number of nitrogens with zero attached hydrogens (tertiary/aromatic N) is 1. The number of nitrogens with one attached hydrogen (secondary N) is 1. The third kappa shape index (κ3) is 7.26. The Labute approximate surface area is 220 Å². The molecule has 2 aliphatic heterocycles. The normalized spacial score (nSPS) is 21.8. The van der Waals surface area contributed by atoms with Crippen molar-refractivity contribution in [2.45, 2.75) is 90.6 Å². The van der Waals surface area contributed by atoms with Gasteiger partial charge in [0.1, 0.15) is 11.6 Å². The molecule has 0 spiro atoms. The molecule has 2 aliphatic rings. The van der Waals surface area contributed by atoms with Crippen LogP contribution in [0.1, 0.15) is 66.9 Å². The number of methoxy groups -OCH3 is 1. The Kier molecular flexibility index (Phi) is 8.64. The van der Waals surface area contributed by atoms with Gasteiger partial charge >= 0.3 is 19.2 Å². The number of benzene rings is 1. The number of carbonyl (C=O) groups excluding carboxylic acids is 3. The number of rotatable bonds is 6. The molecule has 2 amide bonds. The Hall–Kier alpha value is -2.59. The standard InChI is InChI=1S/C27H41BN2O7/c1-25(2,3)35-24(33)29-21(22(31)30-14-10-12-19(17-30)23(32)34-8)16-18-11-9-13-20(15-18)28-36-26(4,5)27(6,7)37-28/h9,11,13,15,19,21H,10,12,14,16-17H2,1-8H3,(H,29,33)/t19-,21+/m1/s1. The average molecular weight is 516 g/mol. The van der Waals surface area contributed by atoms with Crippen LogP contribution in [-0.2, 0) is 34.8 Å². The first-order chi connectivity index (χ1) is 17.1. The molecule has 37 heavy (non-hydrogen) atoms. The van der Waals surface area contributed by atoms with Crippen molar-refractivity contribution < 1.29 is 33.2 Å². The summed E-state index contributed by atoms with van der Waals surface area (Å²) in [4.78, 5) is 40.0. The van der Waals surface area contributed by atoms with Gasteiger partial charge in [-0.05, 0) is 72.3 Å². The highest BCUT2D eigenvalue weighted by molar-refractivity contribution is 6.62. The minimum absolute atomic E-state index is 0.241. The number of hydrogen-bond acceptors (Lipinski definition) is 7. The predicted octanol–water partition coefficient (Wildman–Crippen LogP) is 2.83. The lowest BCUT2D eigenvalue weighted by molar-refractivity contribution is -0.149. The number of amides is 2. The zero-order valence-corrected chi connectivity index (χ0v) is 23.4. The topological polar surface area (TPSA) is 103 Å². The van der Waals surface area contributed by atoms with Gasteiger partial charge in [0.15, 0.2) is 0 Å². The first-order valence-corrected chi connectivity index (χ1v) is 12.9. The molecule has 1 aromatic rings. The van der Waals surface area contributed by atoms with Crippen molar-refractivity contribution in [3.63, 3.8) is 0 Å². The lowest BCUT2D eigenvalue weighted by atomic mass is 9.78. The number of esters is 1. The van der Waals surface area contributed by atoms with Crippen LogP contribution in [-0.4, -0.2) is 73.0 Å². The molecule has 204 valence electrons.